The van der Waals surface area contributed by atoms with Crippen LogP contribution in [0.25, 0.3) is 0 Å². The molecule has 8 N–H and O–H groups in total. The van der Waals surface area contributed by atoms with Gasteiger partial charge in [-0.2, -0.15) is 0 Å². The topological polar surface area (TPSA) is 104 Å². The van der Waals surface area contributed by atoms with Gasteiger partial charge in [0.1, 0.15) is 0 Å². The molecule has 0 bridgehead atoms. The molecular weight excluding hydrogens is 212 g/mol. The molecule has 0 aliphatic heterocycles. The van der Waals surface area contributed by atoms with Crippen LogP contribution < -0.4 is 22.9 Å². The lowest BCUT2D eigenvalue weighted by molar-refractivity contribution is 0.629. The van der Waals surface area contributed by atoms with Gasteiger partial charge in [-0.05, 0) is 36.8 Å². The Morgan fingerprint density at radius 1 is 0.471 bits per heavy atom. The second kappa shape index (κ2) is 4.73. The Hall–Kier alpha value is -1.58. The molecule has 2 rings (SSSR count). The predicted octanol–water partition coefficient (Wildman–Crippen LogP) is 2.06. The second-order valence-electron chi connectivity index (χ2n) is 4.88. The average Bonchev–Trinajstić information content (AvgIpc) is 2.45. The van der Waals surface area contributed by atoms with Crippen molar-refractivity contribution < 1.29 is 0 Å². The van der Waals surface area contributed by atoms with Crippen LogP contribution in [0.3, 0.4) is 0 Å². The Kier molecular flexibility index (Phi) is 3.31. The molecule has 4 nitrogen and oxygen atoms in total. The minimum absolute atomic E-state index is 0.459. The fourth-order valence-corrected chi connectivity index (χ4v) is 2.65. The summed E-state index contributed by atoms with van der Waals surface area (Å²) < 4.78 is 0. The molecule has 94 valence electrons. The van der Waals surface area contributed by atoms with Crippen molar-refractivity contribution in [2.75, 3.05) is 22.9 Å². The van der Waals surface area contributed by atoms with Crippen LogP contribution in [0.2, 0.25) is 0 Å². The van der Waals surface area contributed by atoms with Crippen LogP contribution in [0.5, 0.6) is 0 Å². The predicted molar refractivity (Wildman–Crippen MR) is 74.6 cm³/mol. The molecule has 4 heteroatoms. The molecule has 0 saturated heterocycles. The molecule has 0 saturated carbocycles. The minimum Gasteiger partial charge on any atom is -0.397 e. The highest BCUT2D eigenvalue weighted by atomic mass is 14.8. The van der Waals surface area contributed by atoms with Gasteiger partial charge in [-0.3, -0.25) is 0 Å². The van der Waals surface area contributed by atoms with E-state index >= 15 is 0 Å². The van der Waals surface area contributed by atoms with Crippen LogP contribution >= 0.6 is 0 Å². The normalized spacial score (nSPS) is 16.7. The number of nitrogens with two attached hydrogens (primary N) is 4. The fraction of sp³-hybridized carbons (Fsp3) is 0.538. The summed E-state index contributed by atoms with van der Waals surface area (Å²) in [5, 5.41) is 0. The number of benzene rings is 1. The van der Waals surface area contributed by atoms with Crippen LogP contribution in [0.15, 0.2) is 0 Å². The van der Waals surface area contributed by atoms with E-state index in [0.717, 1.165) is 36.8 Å². The van der Waals surface area contributed by atoms with E-state index in [1.165, 1.54) is 19.3 Å². The van der Waals surface area contributed by atoms with Crippen LogP contribution in [-0.4, -0.2) is 0 Å². The third kappa shape index (κ3) is 2.12. The third-order valence-corrected chi connectivity index (χ3v) is 3.74. The molecule has 1 aliphatic rings. The summed E-state index contributed by atoms with van der Waals surface area (Å²) in [4.78, 5) is 0. The largest absolute Gasteiger partial charge is 0.397 e. The molecule has 1 aliphatic carbocycles. The lowest BCUT2D eigenvalue weighted by atomic mass is 9.94. The first-order valence-electron chi connectivity index (χ1n) is 6.36. The van der Waals surface area contributed by atoms with Crippen LogP contribution in [0.1, 0.15) is 43.2 Å². The molecule has 0 heterocycles. The van der Waals surface area contributed by atoms with E-state index in [1.54, 1.807) is 0 Å². The van der Waals surface area contributed by atoms with E-state index < -0.39 is 0 Å². The summed E-state index contributed by atoms with van der Waals surface area (Å²) >= 11 is 0. The zero-order chi connectivity index (χ0) is 12.4. The molecular formula is C13H22N4. The summed E-state index contributed by atoms with van der Waals surface area (Å²) in [6, 6.07) is 0. The zero-order valence-electron chi connectivity index (χ0n) is 10.3. The Labute approximate surface area is 102 Å². The van der Waals surface area contributed by atoms with Crippen molar-refractivity contribution in [3.8, 4) is 0 Å². The van der Waals surface area contributed by atoms with Gasteiger partial charge in [0.15, 0.2) is 0 Å². The lowest BCUT2D eigenvalue weighted by Gasteiger charge is -2.18. The van der Waals surface area contributed by atoms with Gasteiger partial charge < -0.3 is 22.9 Å². The smallest absolute Gasteiger partial charge is 0.0805 e. The van der Waals surface area contributed by atoms with Gasteiger partial charge in [-0.15, -0.1) is 0 Å². The first kappa shape index (κ1) is 11.9. The van der Waals surface area contributed by atoms with Crippen LogP contribution in [0, 0.1) is 0 Å². The van der Waals surface area contributed by atoms with Gasteiger partial charge in [0.2, 0.25) is 0 Å². The van der Waals surface area contributed by atoms with Crippen molar-refractivity contribution in [3.05, 3.63) is 11.1 Å². The van der Waals surface area contributed by atoms with E-state index in [-0.39, 0.29) is 0 Å². The molecule has 0 aromatic heterocycles. The third-order valence-electron chi connectivity index (χ3n) is 3.74. The van der Waals surface area contributed by atoms with E-state index in [4.69, 9.17) is 22.9 Å². The van der Waals surface area contributed by atoms with Gasteiger partial charge in [0.05, 0.1) is 22.7 Å². The van der Waals surface area contributed by atoms with Crippen molar-refractivity contribution in [1.29, 1.82) is 0 Å². The zero-order valence-corrected chi connectivity index (χ0v) is 10.3. The van der Waals surface area contributed by atoms with Crippen LogP contribution in [0.4, 0.5) is 22.7 Å². The minimum atomic E-state index is 0.459. The van der Waals surface area contributed by atoms with Crippen LogP contribution in [-0.2, 0) is 12.8 Å². The highest BCUT2D eigenvalue weighted by molar-refractivity contribution is 5.90. The molecule has 0 radical (unpaired) electrons. The monoisotopic (exact) mass is 234 g/mol. The highest BCUT2D eigenvalue weighted by Crippen LogP contribution is 2.38. The molecule has 0 spiro atoms. The van der Waals surface area contributed by atoms with Crippen molar-refractivity contribution in [3.63, 3.8) is 0 Å². The summed E-state index contributed by atoms with van der Waals surface area (Å²) in [7, 11) is 0. The highest BCUT2D eigenvalue weighted by Gasteiger charge is 2.18. The number of fused-ring (bicyclic) bond motifs is 1. The van der Waals surface area contributed by atoms with E-state index in [9.17, 15) is 0 Å². The molecule has 0 fully saturated rings. The van der Waals surface area contributed by atoms with E-state index in [0.29, 0.717) is 22.7 Å². The Morgan fingerprint density at radius 3 is 1.24 bits per heavy atom. The SMILES string of the molecule is Nc1c(N)c(N)c2c(c1N)CCCCCCC2. The first-order valence-corrected chi connectivity index (χ1v) is 6.36. The van der Waals surface area contributed by atoms with Gasteiger partial charge in [0, 0.05) is 0 Å². The summed E-state index contributed by atoms with van der Waals surface area (Å²) in [6.07, 6.45) is 8.04. The van der Waals surface area contributed by atoms with Gasteiger partial charge in [-0.1, -0.05) is 19.3 Å². The van der Waals surface area contributed by atoms with Crippen molar-refractivity contribution in [1.82, 2.24) is 0 Å². The van der Waals surface area contributed by atoms with Gasteiger partial charge >= 0.3 is 0 Å². The maximum Gasteiger partial charge on any atom is 0.0805 e. The average molecular weight is 234 g/mol. The number of rotatable bonds is 0. The number of anilines is 4. The number of hydrogen-bond acceptors (Lipinski definition) is 4. The van der Waals surface area contributed by atoms with Crippen molar-refractivity contribution in [2.45, 2.75) is 44.9 Å². The molecule has 1 aromatic carbocycles. The number of hydrogen-bond donors (Lipinski definition) is 4. The molecule has 17 heavy (non-hydrogen) atoms. The standard InChI is InChI=1S/C13H22N4/c14-10-8-6-4-2-1-3-5-7-9(8)11(15)13(17)12(10)16/h1-7,14-17H2. The molecule has 0 amide bonds. The molecule has 0 atom stereocenters. The summed E-state index contributed by atoms with van der Waals surface area (Å²) in [5.74, 6) is 0. The second-order valence-corrected chi connectivity index (χ2v) is 4.88. The number of nitrogen functional groups attached to an aromatic ring is 4. The summed E-state index contributed by atoms with van der Waals surface area (Å²) in [6.45, 7) is 0. The lowest BCUT2D eigenvalue weighted by Crippen LogP contribution is -2.11. The van der Waals surface area contributed by atoms with E-state index in [2.05, 4.69) is 0 Å². The molecule has 1 aromatic rings. The van der Waals surface area contributed by atoms with Gasteiger partial charge in [0.25, 0.3) is 0 Å². The van der Waals surface area contributed by atoms with Gasteiger partial charge in [-0.25, -0.2) is 0 Å². The van der Waals surface area contributed by atoms with E-state index in [1.807, 2.05) is 0 Å². The quantitative estimate of drug-likeness (QED) is 0.516. The maximum atomic E-state index is 6.08. The van der Waals surface area contributed by atoms with Crippen molar-refractivity contribution >= 4 is 22.7 Å². The van der Waals surface area contributed by atoms with Crippen molar-refractivity contribution in [2.24, 2.45) is 0 Å². The Morgan fingerprint density at radius 2 is 0.824 bits per heavy atom. The fourth-order valence-electron chi connectivity index (χ4n) is 2.65. The molecule has 0 unspecified atom stereocenters. The Balaban J connectivity index is 2.52. The maximum absolute atomic E-state index is 6.08. The Bertz CT molecular complexity index is 387. The first-order chi connectivity index (χ1) is 8.13. The summed E-state index contributed by atoms with van der Waals surface area (Å²) in [5.41, 5.74) is 28.5.